The number of likely N-dealkylation sites (N-methyl/N-ethyl adjacent to an activating group) is 1. The van der Waals surface area contributed by atoms with E-state index in [1.54, 1.807) is 6.92 Å². The van der Waals surface area contributed by atoms with Gasteiger partial charge in [-0.2, -0.15) is 0 Å². The number of carboxylic acids is 1. The van der Waals surface area contributed by atoms with Crippen LogP contribution in [-0.4, -0.2) is 73.2 Å². The van der Waals surface area contributed by atoms with Gasteiger partial charge in [0, 0.05) is 19.6 Å². The van der Waals surface area contributed by atoms with E-state index in [2.05, 4.69) is 29.2 Å². The van der Waals surface area contributed by atoms with E-state index in [9.17, 15) is 9.90 Å². The summed E-state index contributed by atoms with van der Waals surface area (Å²) in [6.07, 6.45) is 1.89. The molecule has 0 radical (unpaired) electrons. The molecule has 2 atom stereocenters. The van der Waals surface area contributed by atoms with E-state index in [0.717, 1.165) is 25.6 Å². The molecule has 0 saturated carbocycles. The average molecular weight is 271 g/mol. The Kier molecular flexibility index (Phi) is 6.23. The Labute approximate surface area is 117 Å². The first-order valence-electron chi connectivity index (χ1n) is 7.23. The van der Waals surface area contributed by atoms with Crippen molar-refractivity contribution < 1.29 is 9.90 Å². The van der Waals surface area contributed by atoms with Crippen molar-refractivity contribution in [1.29, 1.82) is 0 Å². The van der Waals surface area contributed by atoms with Crippen LogP contribution in [0.2, 0.25) is 0 Å². The predicted molar refractivity (Wildman–Crippen MR) is 77.4 cm³/mol. The molecule has 112 valence electrons. The number of rotatable bonds is 8. The molecule has 0 bridgehead atoms. The van der Waals surface area contributed by atoms with Crippen molar-refractivity contribution in [2.45, 2.75) is 32.2 Å². The first-order valence-corrected chi connectivity index (χ1v) is 7.23. The lowest BCUT2D eigenvalue weighted by Crippen LogP contribution is -2.51. The van der Waals surface area contributed by atoms with E-state index < -0.39 is 11.5 Å². The molecule has 19 heavy (non-hydrogen) atoms. The van der Waals surface area contributed by atoms with Crippen molar-refractivity contribution in [1.82, 2.24) is 15.1 Å². The molecule has 5 nitrogen and oxygen atoms in total. The highest BCUT2D eigenvalue weighted by atomic mass is 16.4. The Morgan fingerprint density at radius 3 is 2.74 bits per heavy atom. The van der Waals surface area contributed by atoms with Crippen molar-refractivity contribution >= 4 is 5.97 Å². The fourth-order valence-corrected chi connectivity index (χ4v) is 2.78. The molecule has 1 fully saturated rings. The van der Waals surface area contributed by atoms with E-state index in [0.29, 0.717) is 13.0 Å². The third-order valence-electron chi connectivity index (χ3n) is 4.09. The number of hydrogen-bond donors (Lipinski definition) is 2. The molecule has 0 amide bonds. The zero-order chi connectivity index (χ0) is 14.5. The SMILES string of the molecule is CCNC(C)(CCN(C)CC1CCN(C)C1)C(=O)O. The Bertz CT molecular complexity index is 298. The molecule has 1 aliphatic rings. The van der Waals surface area contributed by atoms with Crippen LogP contribution < -0.4 is 5.32 Å². The molecule has 0 aromatic carbocycles. The number of nitrogens with zero attached hydrogens (tertiary/aromatic N) is 2. The van der Waals surface area contributed by atoms with Gasteiger partial charge in [-0.1, -0.05) is 6.92 Å². The summed E-state index contributed by atoms with van der Waals surface area (Å²) in [7, 11) is 4.25. The van der Waals surface area contributed by atoms with Crippen LogP contribution in [0.3, 0.4) is 0 Å². The molecule has 0 aromatic rings. The number of hydrogen-bond acceptors (Lipinski definition) is 4. The summed E-state index contributed by atoms with van der Waals surface area (Å²) < 4.78 is 0. The molecule has 0 spiro atoms. The summed E-state index contributed by atoms with van der Waals surface area (Å²) in [6, 6.07) is 0. The van der Waals surface area contributed by atoms with Gasteiger partial charge in [0.2, 0.25) is 0 Å². The van der Waals surface area contributed by atoms with Gasteiger partial charge in [0.25, 0.3) is 0 Å². The van der Waals surface area contributed by atoms with Crippen LogP contribution in [0.15, 0.2) is 0 Å². The van der Waals surface area contributed by atoms with Crippen LogP contribution in [0, 0.1) is 5.92 Å². The molecule has 1 heterocycles. The standard InChI is InChI=1S/C14H29N3O2/c1-5-15-14(2,13(18)19)7-9-17(4)11-12-6-8-16(3)10-12/h12,15H,5-11H2,1-4H3,(H,18,19). The topological polar surface area (TPSA) is 55.8 Å². The van der Waals surface area contributed by atoms with E-state index in [1.165, 1.54) is 13.0 Å². The average Bonchev–Trinajstić information content (AvgIpc) is 2.72. The Morgan fingerprint density at radius 1 is 1.58 bits per heavy atom. The maximum Gasteiger partial charge on any atom is 0.323 e. The summed E-state index contributed by atoms with van der Waals surface area (Å²) >= 11 is 0. The summed E-state index contributed by atoms with van der Waals surface area (Å²) in [5, 5.41) is 12.4. The van der Waals surface area contributed by atoms with Crippen LogP contribution in [0.5, 0.6) is 0 Å². The quantitative estimate of drug-likeness (QED) is 0.681. The Morgan fingerprint density at radius 2 is 2.26 bits per heavy atom. The predicted octanol–water partition coefficient (Wildman–Crippen LogP) is 0.713. The first-order chi connectivity index (χ1) is 8.87. The lowest BCUT2D eigenvalue weighted by atomic mass is 9.97. The second-order valence-corrected chi connectivity index (χ2v) is 6.10. The largest absolute Gasteiger partial charge is 0.480 e. The van der Waals surface area contributed by atoms with E-state index in [-0.39, 0.29) is 0 Å². The Hall–Kier alpha value is -0.650. The van der Waals surface area contributed by atoms with E-state index in [4.69, 9.17) is 0 Å². The number of aliphatic carboxylic acids is 1. The van der Waals surface area contributed by atoms with Crippen molar-refractivity contribution in [3.8, 4) is 0 Å². The highest BCUT2D eigenvalue weighted by molar-refractivity contribution is 5.78. The lowest BCUT2D eigenvalue weighted by Gasteiger charge is -2.29. The zero-order valence-corrected chi connectivity index (χ0v) is 12.8. The summed E-state index contributed by atoms with van der Waals surface area (Å²) in [5.74, 6) is -0.0337. The smallest absolute Gasteiger partial charge is 0.323 e. The minimum Gasteiger partial charge on any atom is -0.480 e. The molecule has 2 N–H and O–H groups in total. The van der Waals surface area contributed by atoms with Crippen molar-refractivity contribution in [3.05, 3.63) is 0 Å². The molecule has 1 saturated heterocycles. The molecule has 1 rings (SSSR count). The highest BCUT2D eigenvalue weighted by Gasteiger charge is 2.32. The van der Waals surface area contributed by atoms with Gasteiger partial charge in [-0.05, 0) is 52.9 Å². The third kappa shape index (κ3) is 5.09. The molecular formula is C14H29N3O2. The van der Waals surface area contributed by atoms with Crippen LogP contribution in [-0.2, 0) is 4.79 Å². The van der Waals surface area contributed by atoms with E-state index >= 15 is 0 Å². The number of carbonyl (C=O) groups is 1. The first kappa shape index (κ1) is 16.4. The molecular weight excluding hydrogens is 242 g/mol. The second-order valence-electron chi connectivity index (χ2n) is 6.10. The Balaban J connectivity index is 2.35. The molecule has 2 unspecified atom stereocenters. The fourth-order valence-electron chi connectivity index (χ4n) is 2.78. The van der Waals surface area contributed by atoms with Crippen molar-refractivity contribution in [2.24, 2.45) is 5.92 Å². The monoisotopic (exact) mass is 271 g/mol. The van der Waals surface area contributed by atoms with Gasteiger partial charge in [-0.25, -0.2) is 0 Å². The van der Waals surface area contributed by atoms with Crippen LogP contribution in [0.4, 0.5) is 0 Å². The lowest BCUT2D eigenvalue weighted by molar-refractivity contribution is -0.144. The molecule has 1 aliphatic heterocycles. The fraction of sp³-hybridized carbons (Fsp3) is 0.929. The molecule has 5 heteroatoms. The van der Waals surface area contributed by atoms with Crippen molar-refractivity contribution in [3.63, 3.8) is 0 Å². The van der Waals surface area contributed by atoms with Gasteiger partial charge in [-0.3, -0.25) is 4.79 Å². The van der Waals surface area contributed by atoms with Gasteiger partial charge in [0.05, 0.1) is 0 Å². The van der Waals surface area contributed by atoms with Gasteiger partial charge in [0.1, 0.15) is 5.54 Å². The van der Waals surface area contributed by atoms with Gasteiger partial charge >= 0.3 is 5.97 Å². The number of carboxylic acid groups (broad SMARTS) is 1. The normalized spacial score (nSPS) is 23.7. The highest BCUT2D eigenvalue weighted by Crippen LogP contribution is 2.16. The molecule has 0 aliphatic carbocycles. The minimum absolute atomic E-state index is 0.634. The van der Waals surface area contributed by atoms with Crippen LogP contribution in [0.25, 0.3) is 0 Å². The third-order valence-corrected chi connectivity index (χ3v) is 4.09. The maximum atomic E-state index is 11.3. The number of likely N-dealkylation sites (tertiary alicyclic amines) is 1. The number of nitrogens with one attached hydrogen (secondary N) is 1. The van der Waals surface area contributed by atoms with Gasteiger partial charge in [0.15, 0.2) is 0 Å². The zero-order valence-electron chi connectivity index (χ0n) is 12.8. The summed E-state index contributed by atoms with van der Waals surface area (Å²) in [5.41, 5.74) is -0.810. The molecule has 0 aromatic heterocycles. The van der Waals surface area contributed by atoms with Crippen LogP contribution >= 0.6 is 0 Å². The summed E-state index contributed by atoms with van der Waals surface area (Å²) in [6.45, 7) is 8.62. The van der Waals surface area contributed by atoms with Crippen LogP contribution in [0.1, 0.15) is 26.7 Å². The van der Waals surface area contributed by atoms with Gasteiger partial charge in [-0.15, -0.1) is 0 Å². The van der Waals surface area contributed by atoms with Gasteiger partial charge < -0.3 is 20.2 Å². The maximum absolute atomic E-state index is 11.3. The van der Waals surface area contributed by atoms with E-state index in [1.807, 2.05) is 6.92 Å². The van der Waals surface area contributed by atoms with Crippen molar-refractivity contribution in [2.75, 3.05) is 46.8 Å². The second kappa shape index (κ2) is 7.22. The summed E-state index contributed by atoms with van der Waals surface area (Å²) in [4.78, 5) is 15.9. The minimum atomic E-state index is -0.810.